The third kappa shape index (κ3) is 2.82. The molecule has 0 aliphatic heterocycles. The number of hydrogen-bond acceptors (Lipinski definition) is 2. The smallest absolute Gasteiger partial charge is 0.316 e. The van der Waals surface area contributed by atoms with Crippen LogP contribution in [0.5, 0.6) is 0 Å². The van der Waals surface area contributed by atoms with Crippen LogP contribution in [0.15, 0.2) is 0 Å². The lowest BCUT2D eigenvalue weighted by Crippen LogP contribution is -2.36. The van der Waals surface area contributed by atoms with Crippen molar-refractivity contribution in [2.24, 2.45) is 7.05 Å². The van der Waals surface area contributed by atoms with E-state index in [0.717, 1.165) is 7.05 Å². The summed E-state index contributed by atoms with van der Waals surface area (Å²) in [6, 6.07) is 0. The maximum atomic E-state index is 12.4. The largest absolute Gasteiger partial charge is 0.407 e. The topological polar surface area (TPSA) is 30.7 Å². The molecule has 0 fully saturated rings. The maximum Gasteiger partial charge on any atom is 0.407 e. The van der Waals surface area contributed by atoms with Crippen molar-refractivity contribution in [3.8, 4) is 0 Å². The van der Waals surface area contributed by atoms with Gasteiger partial charge in [0.05, 0.1) is 5.88 Å². The third-order valence-electron chi connectivity index (χ3n) is 2.03. The van der Waals surface area contributed by atoms with Crippen LogP contribution in [-0.4, -0.2) is 27.1 Å². The average molecular weight is 282 g/mol. The van der Waals surface area contributed by atoms with Crippen molar-refractivity contribution in [2.45, 2.75) is 24.2 Å². The highest BCUT2D eigenvalue weighted by Crippen LogP contribution is 2.45. The van der Waals surface area contributed by atoms with Gasteiger partial charge in [-0.3, -0.25) is 0 Å². The molecule has 0 aliphatic carbocycles. The summed E-state index contributed by atoms with van der Waals surface area (Å²) in [7, 11) is 0.998. The van der Waals surface area contributed by atoms with Crippen molar-refractivity contribution in [3.63, 3.8) is 0 Å². The molecule has 0 unspecified atom stereocenters. The van der Waals surface area contributed by atoms with Gasteiger partial charge in [0.1, 0.15) is 5.82 Å². The maximum absolute atomic E-state index is 12.4. The van der Waals surface area contributed by atoms with E-state index in [1.165, 1.54) is 0 Å². The molecule has 1 aromatic rings. The zero-order chi connectivity index (χ0) is 13.4. The van der Waals surface area contributed by atoms with Gasteiger partial charge in [0.25, 0.3) is 0 Å². The monoisotopic (exact) mass is 281 g/mol. The molecule has 0 aliphatic rings. The van der Waals surface area contributed by atoms with E-state index in [2.05, 4.69) is 10.2 Å². The average Bonchev–Trinajstić information content (AvgIpc) is 2.43. The Labute approximate surface area is 96.4 Å². The Balaban J connectivity index is 3.29. The van der Waals surface area contributed by atoms with Gasteiger partial charge in [-0.25, -0.2) is 0 Å². The van der Waals surface area contributed by atoms with Crippen molar-refractivity contribution in [3.05, 3.63) is 11.6 Å². The zero-order valence-electron chi connectivity index (χ0n) is 8.27. The van der Waals surface area contributed by atoms with Gasteiger partial charge < -0.3 is 4.57 Å². The molecule has 17 heavy (non-hydrogen) atoms. The predicted molar refractivity (Wildman–Crippen MR) is 45.4 cm³/mol. The van der Waals surface area contributed by atoms with E-state index in [1.54, 1.807) is 0 Å². The number of halogens is 7. The lowest BCUT2D eigenvalue weighted by atomic mass is 10.1. The Kier molecular flexibility index (Phi) is 3.60. The van der Waals surface area contributed by atoms with Gasteiger partial charge in [0.2, 0.25) is 5.92 Å². The van der Waals surface area contributed by atoms with Crippen LogP contribution in [0.2, 0.25) is 0 Å². The van der Waals surface area contributed by atoms with Crippen molar-refractivity contribution >= 4 is 11.6 Å². The van der Waals surface area contributed by atoms with Crippen molar-refractivity contribution in [2.75, 3.05) is 0 Å². The molecule has 0 atom stereocenters. The van der Waals surface area contributed by atoms with Gasteiger partial charge in [0.15, 0.2) is 5.82 Å². The van der Waals surface area contributed by atoms with Crippen LogP contribution in [0.25, 0.3) is 0 Å². The molecular weight excluding hydrogens is 276 g/mol. The summed E-state index contributed by atoms with van der Waals surface area (Å²) in [4.78, 5) is 0. The van der Waals surface area contributed by atoms with E-state index in [0.29, 0.717) is 4.57 Å². The fourth-order valence-electron chi connectivity index (χ4n) is 1.22. The molecule has 0 aromatic carbocycles. The van der Waals surface area contributed by atoms with E-state index < -0.39 is 24.1 Å². The molecule has 0 N–H and O–H groups in total. The lowest BCUT2D eigenvalue weighted by Gasteiger charge is -2.21. The zero-order valence-corrected chi connectivity index (χ0v) is 9.03. The molecule has 1 heterocycles. The van der Waals surface area contributed by atoms with Gasteiger partial charge in [-0.1, -0.05) is 0 Å². The van der Waals surface area contributed by atoms with Gasteiger partial charge in [-0.05, 0) is 0 Å². The van der Waals surface area contributed by atoms with Crippen LogP contribution >= 0.6 is 11.6 Å². The summed E-state index contributed by atoms with van der Waals surface area (Å²) >= 11 is 5.29. The van der Waals surface area contributed by atoms with Crippen molar-refractivity contribution in [1.29, 1.82) is 0 Å². The summed E-state index contributed by atoms with van der Waals surface area (Å²) in [5.74, 6) is -5.38. The van der Waals surface area contributed by atoms with Crippen LogP contribution in [0.1, 0.15) is 17.6 Å². The second kappa shape index (κ2) is 4.35. The molecule has 0 bridgehead atoms. The minimum absolute atomic E-state index is 0.167. The summed E-state index contributed by atoms with van der Waals surface area (Å²) in [6.45, 7) is 0. The highest BCUT2D eigenvalue weighted by molar-refractivity contribution is 6.16. The van der Waals surface area contributed by atoms with E-state index in [-0.39, 0.29) is 11.7 Å². The quantitative estimate of drug-likeness (QED) is 0.616. The van der Waals surface area contributed by atoms with Gasteiger partial charge in [0, 0.05) is 7.05 Å². The first-order chi connectivity index (χ1) is 7.59. The van der Waals surface area contributed by atoms with Crippen LogP contribution in [0.3, 0.4) is 0 Å². The van der Waals surface area contributed by atoms with Crippen LogP contribution in [0, 0.1) is 0 Å². The second-order valence-corrected chi connectivity index (χ2v) is 3.45. The van der Waals surface area contributed by atoms with Crippen LogP contribution in [-0.2, 0) is 12.9 Å². The van der Waals surface area contributed by atoms with Gasteiger partial charge in [-0.2, -0.15) is 26.3 Å². The Morgan fingerprint density at radius 2 is 1.59 bits per heavy atom. The van der Waals surface area contributed by atoms with Crippen LogP contribution in [0.4, 0.5) is 26.3 Å². The Morgan fingerprint density at radius 1 is 1.12 bits per heavy atom. The first-order valence-corrected chi connectivity index (χ1v) is 4.70. The summed E-state index contributed by atoms with van der Waals surface area (Å²) in [5.41, 5.74) is 0. The highest BCUT2D eigenvalue weighted by atomic mass is 35.5. The molecule has 10 heteroatoms. The number of alkyl halides is 7. The minimum Gasteiger partial charge on any atom is -0.316 e. The SMILES string of the molecule is Cn1c(CCl)nnc1C(C(F)(F)F)C(F)(F)F. The highest BCUT2D eigenvalue weighted by Gasteiger charge is 2.60. The number of aromatic nitrogens is 3. The molecule has 0 amide bonds. The predicted octanol–water partition coefficient (Wildman–Crippen LogP) is 2.76. The van der Waals surface area contributed by atoms with Crippen LogP contribution < -0.4 is 0 Å². The normalized spacial score (nSPS) is 13.5. The molecule has 0 radical (unpaired) electrons. The van der Waals surface area contributed by atoms with E-state index in [9.17, 15) is 26.3 Å². The standard InChI is InChI=1S/C7H6ClF6N3/c1-17-3(2-8)15-16-5(17)4(6(9,10)11)7(12,13)14/h4H,2H2,1H3. The van der Waals surface area contributed by atoms with E-state index in [4.69, 9.17) is 11.6 Å². The number of rotatable bonds is 2. The molecule has 1 aromatic heterocycles. The molecule has 0 saturated carbocycles. The van der Waals surface area contributed by atoms with E-state index >= 15 is 0 Å². The van der Waals surface area contributed by atoms with E-state index in [1.807, 2.05) is 0 Å². The molecular formula is C7H6ClF6N3. The Bertz CT molecular complexity index is 381. The minimum atomic E-state index is -5.48. The number of hydrogen-bond donors (Lipinski definition) is 0. The first kappa shape index (κ1) is 14.1. The molecule has 0 spiro atoms. The second-order valence-electron chi connectivity index (χ2n) is 3.18. The molecule has 3 nitrogen and oxygen atoms in total. The summed E-state index contributed by atoms with van der Waals surface area (Å²) in [6.07, 6.45) is -11.0. The lowest BCUT2D eigenvalue weighted by molar-refractivity contribution is -0.256. The van der Waals surface area contributed by atoms with Crippen molar-refractivity contribution in [1.82, 2.24) is 14.8 Å². The Morgan fingerprint density at radius 3 is 1.88 bits per heavy atom. The summed E-state index contributed by atoms with van der Waals surface area (Å²) in [5, 5.41) is 6.07. The number of nitrogens with zero attached hydrogens (tertiary/aromatic N) is 3. The third-order valence-corrected chi connectivity index (χ3v) is 2.27. The van der Waals surface area contributed by atoms with Gasteiger partial charge >= 0.3 is 12.4 Å². The molecule has 0 saturated heterocycles. The fourth-order valence-corrected chi connectivity index (χ4v) is 1.45. The van der Waals surface area contributed by atoms with Gasteiger partial charge in [-0.15, -0.1) is 21.8 Å². The molecule has 98 valence electrons. The first-order valence-electron chi connectivity index (χ1n) is 4.16. The fraction of sp³-hybridized carbons (Fsp3) is 0.714. The molecule has 1 rings (SSSR count). The Hall–Kier alpha value is -0.990. The van der Waals surface area contributed by atoms with Crippen molar-refractivity contribution < 1.29 is 26.3 Å². The summed E-state index contributed by atoms with van der Waals surface area (Å²) < 4.78 is 74.8.